The maximum Gasteiger partial charge on any atom is 0.263 e. The molecule has 0 bridgehead atoms. The van der Waals surface area contributed by atoms with E-state index in [1.165, 1.54) is 25.3 Å². The van der Waals surface area contributed by atoms with Gasteiger partial charge < -0.3 is 25.1 Å². The predicted molar refractivity (Wildman–Crippen MR) is 97.5 cm³/mol. The molecule has 0 amide bonds. The number of hydrogen-bond acceptors (Lipinski definition) is 7. The minimum Gasteiger partial charge on any atom is -0.493 e. The Morgan fingerprint density at radius 2 is 1.85 bits per heavy atom. The van der Waals surface area contributed by atoms with E-state index < -0.39 is 5.82 Å². The van der Waals surface area contributed by atoms with Crippen LogP contribution in [-0.2, 0) is 0 Å². The van der Waals surface area contributed by atoms with Gasteiger partial charge in [-0.15, -0.1) is 0 Å². The minimum absolute atomic E-state index is 0.00288. The van der Waals surface area contributed by atoms with E-state index in [-0.39, 0.29) is 36.5 Å². The van der Waals surface area contributed by atoms with Crippen LogP contribution in [0.1, 0.15) is 0 Å². The second-order valence-corrected chi connectivity index (χ2v) is 5.40. The lowest BCUT2D eigenvalue weighted by molar-refractivity contribution is 0.192. The summed E-state index contributed by atoms with van der Waals surface area (Å²) in [4.78, 5) is 8.47. The second kappa shape index (κ2) is 8.33. The maximum absolute atomic E-state index is 13.5. The maximum atomic E-state index is 13.5. The molecule has 0 unspecified atom stereocenters. The second-order valence-electron chi connectivity index (χ2n) is 5.40. The molecule has 140 valence electrons. The first-order chi connectivity index (χ1) is 13.1. The first-order valence-corrected chi connectivity index (χ1v) is 8.10. The van der Waals surface area contributed by atoms with Gasteiger partial charge in [-0.05, 0) is 24.3 Å². The highest BCUT2D eigenvalue weighted by Gasteiger charge is 2.19. The van der Waals surface area contributed by atoms with E-state index in [1.807, 2.05) is 0 Å². The molecule has 1 aromatic heterocycles. The van der Waals surface area contributed by atoms with Crippen LogP contribution >= 0.6 is 0 Å². The Balaban J connectivity index is 2.04. The number of nitrogens with zero attached hydrogens (tertiary/aromatic N) is 2. The summed E-state index contributed by atoms with van der Waals surface area (Å²) in [5.74, 6) is 0.731. The summed E-state index contributed by atoms with van der Waals surface area (Å²) >= 11 is 0. The largest absolute Gasteiger partial charge is 0.493 e. The van der Waals surface area contributed by atoms with E-state index in [1.54, 1.807) is 30.3 Å². The van der Waals surface area contributed by atoms with Gasteiger partial charge in [-0.1, -0.05) is 24.3 Å². The van der Waals surface area contributed by atoms with Crippen molar-refractivity contribution in [2.45, 2.75) is 0 Å². The van der Waals surface area contributed by atoms with Gasteiger partial charge in [0.1, 0.15) is 12.4 Å². The minimum atomic E-state index is -0.429. The van der Waals surface area contributed by atoms with Crippen molar-refractivity contribution in [2.24, 2.45) is 0 Å². The molecule has 8 heteroatoms. The SMILES string of the molecule is COc1ccccc1Oc1c(N)nc(-c2cccc(F)c2)nc1OCCO. The average Bonchev–Trinajstić information content (AvgIpc) is 2.68. The van der Waals surface area contributed by atoms with Crippen LogP contribution < -0.4 is 19.9 Å². The van der Waals surface area contributed by atoms with Crippen molar-refractivity contribution in [3.8, 4) is 34.5 Å². The number of rotatable bonds is 7. The zero-order valence-electron chi connectivity index (χ0n) is 14.6. The number of aliphatic hydroxyl groups excluding tert-OH is 1. The van der Waals surface area contributed by atoms with Crippen molar-refractivity contribution in [3.05, 3.63) is 54.3 Å². The Kier molecular flexibility index (Phi) is 5.68. The molecule has 0 saturated carbocycles. The van der Waals surface area contributed by atoms with Gasteiger partial charge in [-0.25, -0.2) is 9.37 Å². The van der Waals surface area contributed by atoms with Gasteiger partial charge >= 0.3 is 0 Å². The summed E-state index contributed by atoms with van der Waals surface area (Å²) in [6.07, 6.45) is 0. The number of benzene rings is 2. The zero-order chi connectivity index (χ0) is 19.2. The quantitative estimate of drug-likeness (QED) is 0.658. The van der Waals surface area contributed by atoms with E-state index >= 15 is 0 Å². The summed E-state index contributed by atoms with van der Waals surface area (Å²) < 4.78 is 30.1. The monoisotopic (exact) mass is 371 g/mol. The molecule has 0 radical (unpaired) electrons. The lowest BCUT2D eigenvalue weighted by atomic mass is 10.2. The smallest absolute Gasteiger partial charge is 0.263 e. The van der Waals surface area contributed by atoms with E-state index in [0.29, 0.717) is 17.1 Å². The summed E-state index contributed by atoms with van der Waals surface area (Å²) in [7, 11) is 1.51. The van der Waals surface area contributed by atoms with Crippen molar-refractivity contribution in [3.63, 3.8) is 0 Å². The molecule has 3 aromatic rings. The number of nitrogen functional groups attached to an aromatic ring is 1. The Morgan fingerprint density at radius 1 is 1.07 bits per heavy atom. The van der Waals surface area contributed by atoms with Crippen LogP contribution in [0.4, 0.5) is 10.2 Å². The van der Waals surface area contributed by atoms with Gasteiger partial charge in [-0.3, -0.25) is 0 Å². The number of ether oxygens (including phenoxy) is 3. The number of para-hydroxylation sites is 2. The van der Waals surface area contributed by atoms with Gasteiger partial charge in [0.2, 0.25) is 5.75 Å². The Labute approximate surface area is 155 Å². The molecule has 0 spiro atoms. The lowest BCUT2D eigenvalue weighted by Crippen LogP contribution is -2.08. The first-order valence-electron chi connectivity index (χ1n) is 8.10. The van der Waals surface area contributed by atoms with Gasteiger partial charge in [0.05, 0.1) is 13.7 Å². The topological polar surface area (TPSA) is 99.7 Å². The van der Waals surface area contributed by atoms with Crippen LogP contribution in [0.2, 0.25) is 0 Å². The number of nitrogens with two attached hydrogens (primary N) is 1. The number of hydrogen-bond donors (Lipinski definition) is 2. The molecule has 0 aliphatic rings. The van der Waals surface area contributed by atoms with Gasteiger partial charge in [-0.2, -0.15) is 4.98 Å². The fraction of sp³-hybridized carbons (Fsp3) is 0.158. The summed E-state index contributed by atoms with van der Waals surface area (Å²) in [6, 6.07) is 12.8. The van der Waals surface area contributed by atoms with E-state index in [4.69, 9.17) is 25.1 Å². The number of aromatic nitrogens is 2. The number of halogens is 1. The van der Waals surface area contributed by atoms with Crippen molar-refractivity contribution in [1.82, 2.24) is 9.97 Å². The normalized spacial score (nSPS) is 10.5. The third kappa shape index (κ3) is 4.24. The van der Waals surface area contributed by atoms with Gasteiger partial charge in [0.15, 0.2) is 23.1 Å². The predicted octanol–water partition coefficient (Wildman–Crippen LogP) is 3.04. The third-order valence-corrected chi connectivity index (χ3v) is 3.55. The number of methoxy groups -OCH3 is 1. The van der Waals surface area contributed by atoms with Crippen LogP contribution in [0.25, 0.3) is 11.4 Å². The lowest BCUT2D eigenvalue weighted by Gasteiger charge is -2.15. The summed E-state index contributed by atoms with van der Waals surface area (Å²) in [6.45, 7) is -0.255. The average molecular weight is 371 g/mol. The first kappa shape index (κ1) is 18.4. The van der Waals surface area contributed by atoms with Crippen molar-refractivity contribution < 1.29 is 23.7 Å². The van der Waals surface area contributed by atoms with Crippen LogP contribution in [0.5, 0.6) is 23.1 Å². The standard InChI is InChI=1S/C19H18FN3O4/c1-25-14-7-2-3-8-15(14)27-16-17(21)22-18(23-19(16)26-10-9-24)12-5-4-6-13(20)11-12/h2-8,11,24H,9-10H2,1H3,(H2,21,22,23). The number of aliphatic hydroxyl groups is 1. The third-order valence-electron chi connectivity index (χ3n) is 3.55. The van der Waals surface area contributed by atoms with Gasteiger partial charge in [0, 0.05) is 5.56 Å². The molecular weight excluding hydrogens is 353 g/mol. The van der Waals surface area contributed by atoms with Crippen LogP contribution in [0.3, 0.4) is 0 Å². The van der Waals surface area contributed by atoms with E-state index in [9.17, 15) is 4.39 Å². The molecule has 3 rings (SSSR count). The molecule has 7 nitrogen and oxygen atoms in total. The Morgan fingerprint density at radius 3 is 2.56 bits per heavy atom. The number of anilines is 1. The molecule has 2 aromatic carbocycles. The molecule has 0 atom stereocenters. The molecule has 3 N–H and O–H groups in total. The molecule has 1 heterocycles. The van der Waals surface area contributed by atoms with E-state index in [2.05, 4.69) is 9.97 Å². The fourth-order valence-electron chi connectivity index (χ4n) is 2.35. The summed E-state index contributed by atoms with van der Waals surface area (Å²) in [5.41, 5.74) is 6.49. The van der Waals surface area contributed by atoms with Crippen LogP contribution in [-0.4, -0.2) is 35.4 Å². The summed E-state index contributed by atoms with van der Waals surface area (Å²) in [5, 5.41) is 9.07. The fourth-order valence-corrected chi connectivity index (χ4v) is 2.35. The zero-order valence-corrected chi connectivity index (χ0v) is 14.6. The Bertz CT molecular complexity index is 937. The molecule has 0 aliphatic carbocycles. The molecular formula is C19H18FN3O4. The molecule has 0 saturated heterocycles. The van der Waals surface area contributed by atoms with Crippen LogP contribution in [0.15, 0.2) is 48.5 Å². The van der Waals surface area contributed by atoms with Gasteiger partial charge in [0.25, 0.3) is 5.88 Å². The highest BCUT2D eigenvalue weighted by molar-refractivity contribution is 5.63. The molecule has 27 heavy (non-hydrogen) atoms. The highest BCUT2D eigenvalue weighted by atomic mass is 19.1. The van der Waals surface area contributed by atoms with Crippen molar-refractivity contribution >= 4 is 5.82 Å². The van der Waals surface area contributed by atoms with E-state index in [0.717, 1.165) is 0 Å². The van der Waals surface area contributed by atoms with Crippen molar-refractivity contribution in [1.29, 1.82) is 0 Å². The highest BCUT2D eigenvalue weighted by Crippen LogP contribution is 2.39. The van der Waals surface area contributed by atoms with Crippen molar-refractivity contribution in [2.75, 3.05) is 26.1 Å². The Hall–Kier alpha value is -3.39. The molecule has 0 aliphatic heterocycles. The van der Waals surface area contributed by atoms with Crippen LogP contribution in [0, 0.1) is 5.82 Å². The molecule has 0 fully saturated rings.